The van der Waals surface area contributed by atoms with Gasteiger partial charge in [-0.05, 0) is 25.3 Å². The number of rotatable bonds is 14. The highest BCUT2D eigenvalue weighted by Gasteiger charge is 2.31. The van der Waals surface area contributed by atoms with E-state index in [9.17, 15) is 19.2 Å². The molecule has 0 saturated heterocycles. The number of unbranched alkanes of at least 4 members (excludes halogenated alkanes) is 1. The van der Waals surface area contributed by atoms with Gasteiger partial charge in [-0.3, -0.25) is 14.4 Å². The number of carboxylic acids is 1. The minimum absolute atomic E-state index is 0.00603. The number of amides is 3. The summed E-state index contributed by atoms with van der Waals surface area (Å²) < 4.78 is 0. The molecule has 0 rings (SSSR count). The Morgan fingerprint density at radius 1 is 0.897 bits per heavy atom. The lowest BCUT2D eigenvalue weighted by molar-refractivity contribution is -0.141. The van der Waals surface area contributed by atoms with Gasteiger partial charge in [0.25, 0.3) is 0 Å². The zero-order valence-electron chi connectivity index (χ0n) is 16.8. The molecule has 0 aliphatic carbocycles. The fraction of sp³-hybridized carbons (Fsp3) is 0.765. The number of nitrogens with two attached hydrogens (primary N) is 2. The van der Waals surface area contributed by atoms with E-state index >= 15 is 0 Å². The van der Waals surface area contributed by atoms with Crippen molar-refractivity contribution >= 4 is 48.9 Å². The predicted molar refractivity (Wildman–Crippen MR) is 117 cm³/mol. The van der Waals surface area contributed by atoms with Crippen LogP contribution >= 0.6 is 25.3 Å². The smallest absolute Gasteiger partial charge is 0.327 e. The molecule has 8 N–H and O–H groups in total. The van der Waals surface area contributed by atoms with Gasteiger partial charge in [-0.15, -0.1) is 0 Å². The number of hydrogen-bond donors (Lipinski definition) is 8. The number of carbonyl (C=O) groups is 4. The average Bonchev–Trinajstić information content (AvgIpc) is 2.67. The molecule has 3 amide bonds. The molecule has 0 aliphatic heterocycles. The highest BCUT2D eigenvalue weighted by Crippen LogP contribution is 2.05. The van der Waals surface area contributed by atoms with Crippen molar-refractivity contribution in [2.75, 3.05) is 18.1 Å². The highest BCUT2D eigenvalue weighted by molar-refractivity contribution is 7.80. The van der Waals surface area contributed by atoms with E-state index < -0.39 is 47.9 Å². The first-order valence-corrected chi connectivity index (χ1v) is 10.7. The van der Waals surface area contributed by atoms with E-state index in [-0.39, 0.29) is 17.4 Å². The van der Waals surface area contributed by atoms with E-state index in [1.165, 1.54) is 0 Å². The summed E-state index contributed by atoms with van der Waals surface area (Å²) in [5.74, 6) is -3.44. The number of hydrogen-bond acceptors (Lipinski definition) is 8. The first-order chi connectivity index (χ1) is 13.6. The quantitative estimate of drug-likeness (QED) is 0.117. The third kappa shape index (κ3) is 10.2. The van der Waals surface area contributed by atoms with Gasteiger partial charge >= 0.3 is 5.97 Å². The number of thiol groups is 2. The maximum atomic E-state index is 12.6. The molecule has 0 bridgehead atoms. The van der Waals surface area contributed by atoms with Crippen LogP contribution in [0.3, 0.4) is 0 Å². The predicted octanol–water partition coefficient (Wildman–Crippen LogP) is -1.50. The summed E-state index contributed by atoms with van der Waals surface area (Å²) in [6.45, 7) is 3.90. The second-order valence-electron chi connectivity index (χ2n) is 6.95. The number of nitrogens with one attached hydrogen (secondary N) is 3. The van der Waals surface area contributed by atoms with Crippen LogP contribution in [0.25, 0.3) is 0 Å². The van der Waals surface area contributed by atoms with Gasteiger partial charge in [-0.1, -0.05) is 20.3 Å². The van der Waals surface area contributed by atoms with Crippen LogP contribution in [0.5, 0.6) is 0 Å². The van der Waals surface area contributed by atoms with Gasteiger partial charge in [-0.25, -0.2) is 4.79 Å². The Bertz CT molecular complexity index is 564. The fourth-order valence-corrected chi connectivity index (χ4v) is 2.85. The van der Waals surface area contributed by atoms with Crippen LogP contribution < -0.4 is 27.4 Å². The molecule has 12 heteroatoms. The van der Waals surface area contributed by atoms with Gasteiger partial charge in [0, 0.05) is 11.5 Å². The standard InChI is InChI=1S/C17H33N5O5S2/c1-9(2)13(16(25)21-12(8-29)17(26)27)22-15(24)11(7-28)20-14(23)10(19)5-3-4-6-18/h9-13,28-29H,3-8,18-19H2,1-2H3,(H,20,23)(H,21,25)(H,22,24)(H,26,27). The summed E-state index contributed by atoms with van der Waals surface area (Å²) in [5.41, 5.74) is 11.2. The molecule has 168 valence electrons. The second kappa shape index (κ2) is 14.5. The van der Waals surface area contributed by atoms with Crippen LogP contribution in [0.4, 0.5) is 0 Å². The molecule has 0 fully saturated rings. The molecular formula is C17H33N5O5S2. The number of carbonyl (C=O) groups excluding carboxylic acids is 3. The molecule has 0 aliphatic rings. The second-order valence-corrected chi connectivity index (χ2v) is 7.68. The topological polar surface area (TPSA) is 177 Å². The third-order valence-corrected chi connectivity index (χ3v) is 4.90. The van der Waals surface area contributed by atoms with Gasteiger partial charge in [0.2, 0.25) is 17.7 Å². The van der Waals surface area contributed by atoms with Gasteiger partial charge in [0.05, 0.1) is 6.04 Å². The lowest BCUT2D eigenvalue weighted by Gasteiger charge is -2.26. The van der Waals surface area contributed by atoms with Crippen molar-refractivity contribution < 1.29 is 24.3 Å². The molecule has 29 heavy (non-hydrogen) atoms. The molecule has 0 aromatic carbocycles. The fourth-order valence-electron chi connectivity index (χ4n) is 2.35. The van der Waals surface area contributed by atoms with Gasteiger partial charge in [-0.2, -0.15) is 25.3 Å². The monoisotopic (exact) mass is 451 g/mol. The molecule has 0 heterocycles. The Kier molecular flexibility index (Phi) is 13.7. The largest absolute Gasteiger partial charge is 0.480 e. The Morgan fingerprint density at radius 2 is 1.45 bits per heavy atom. The van der Waals surface area contributed by atoms with E-state index in [1.54, 1.807) is 13.8 Å². The summed E-state index contributed by atoms with van der Waals surface area (Å²) in [6.07, 6.45) is 1.86. The van der Waals surface area contributed by atoms with Crippen molar-refractivity contribution in [3.05, 3.63) is 0 Å². The van der Waals surface area contributed by atoms with Crippen molar-refractivity contribution in [1.29, 1.82) is 0 Å². The summed E-state index contributed by atoms with van der Waals surface area (Å²) in [5, 5.41) is 16.5. The normalized spacial score (nSPS) is 15.1. The molecular weight excluding hydrogens is 418 g/mol. The summed E-state index contributed by atoms with van der Waals surface area (Å²) in [6, 6.07) is -3.97. The Labute approximate surface area is 182 Å². The molecule has 4 atom stereocenters. The van der Waals surface area contributed by atoms with Crippen molar-refractivity contribution in [2.45, 2.75) is 57.3 Å². The first-order valence-electron chi connectivity index (χ1n) is 9.40. The van der Waals surface area contributed by atoms with Gasteiger partial charge in [0.1, 0.15) is 18.1 Å². The maximum Gasteiger partial charge on any atom is 0.327 e. The summed E-state index contributed by atoms with van der Waals surface area (Å²) in [4.78, 5) is 48.3. The molecule has 0 saturated carbocycles. The highest BCUT2D eigenvalue weighted by atomic mass is 32.1. The lowest BCUT2D eigenvalue weighted by Crippen LogP contribution is -2.59. The van der Waals surface area contributed by atoms with E-state index in [0.717, 1.165) is 6.42 Å². The molecule has 0 spiro atoms. The SMILES string of the molecule is CC(C)C(NC(=O)C(CS)NC(=O)C(N)CCCCN)C(=O)NC(CS)C(=O)O. The van der Waals surface area contributed by atoms with Crippen LogP contribution in [-0.4, -0.2) is 71.0 Å². The van der Waals surface area contributed by atoms with E-state index in [0.29, 0.717) is 19.4 Å². The maximum absolute atomic E-state index is 12.6. The van der Waals surface area contributed by atoms with E-state index in [2.05, 4.69) is 41.2 Å². The van der Waals surface area contributed by atoms with Gasteiger partial charge < -0.3 is 32.5 Å². The van der Waals surface area contributed by atoms with Crippen LogP contribution in [-0.2, 0) is 19.2 Å². The lowest BCUT2D eigenvalue weighted by atomic mass is 10.0. The van der Waals surface area contributed by atoms with E-state index in [1.807, 2.05) is 0 Å². The molecule has 4 unspecified atom stereocenters. The first kappa shape index (κ1) is 27.5. The van der Waals surface area contributed by atoms with Crippen LogP contribution in [0.15, 0.2) is 0 Å². The molecule has 0 aromatic rings. The van der Waals surface area contributed by atoms with Crippen LogP contribution in [0.1, 0.15) is 33.1 Å². The van der Waals surface area contributed by atoms with Crippen LogP contribution in [0.2, 0.25) is 0 Å². The van der Waals surface area contributed by atoms with Crippen molar-refractivity contribution in [3.63, 3.8) is 0 Å². The molecule has 0 aromatic heterocycles. The number of aliphatic carboxylic acids is 1. The summed E-state index contributed by atoms with van der Waals surface area (Å²) in [7, 11) is 0. The zero-order chi connectivity index (χ0) is 22.6. The van der Waals surface area contributed by atoms with Crippen molar-refractivity contribution in [1.82, 2.24) is 16.0 Å². The Balaban J connectivity index is 4.98. The molecule has 10 nitrogen and oxygen atoms in total. The van der Waals surface area contributed by atoms with E-state index in [4.69, 9.17) is 16.6 Å². The average molecular weight is 452 g/mol. The van der Waals surface area contributed by atoms with Crippen molar-refractivity contribution in [3.8, 4) is 0 Å². The molecule has 0 radical (unpaired) electrons. The third-order valence-electron chi connectivity index (χ3n) is 4.17. The summed E-state index contributed by atoms with van der Waals surface area (Å²) >= 11 is 7.98. The Hall–Kier alpha value is -1.50. The Morgan fingerprint density at radius 3 is 1.90 bits per heavy atom. The van der Waals surface area contributed by atoms with Crippen molar-refractivity contribution in [2.24, 2.45) is 17.4 Å². The van der Waals surface area contributed by atoms with Crippen LogP contribution in [0, 0.1) is 5.92 Å². The van der Waals surface area contributed by atoms with Gasteiger partial charge in [0.15, 0.2) is 0 Å². The number of carboxylic acid groups (broad SMARTS) is 1. The minimum Gasteiger partial charge on any atom is -0.480 e. The zero-order valence-corrected chi connectivity index (χ0v) is 18.5. The minimum atomic E-state index is -1.23.